The maximum atomic E-state index is 12.0. The molecule has 2 rings (SSSR count). The van der Waals surface area contributed by atoms with Crippen molar-refractivity contribution in [1.82, 2.24) is 4.98 Å². The largest absolute Gasteiger partial charge is 0.385 e. The van der Waals surface area contributed by atoms with Gasteiger partial charge in [0.1, 0.15) is 0 Å². The van der Waals surface area contributed by atoms with Crippen molar-refractivity contribution in [2.45, 2.75) is 12.5 Å². The molecular weight excluding hydrogens is 278 g/mol. The normalized spacial score (nSPS) is 12.3. The molecule has 1 amide bonds. The summed E-state index contributed by atoms with van der Waals surface area (Å²) in [5, 5.41) is 4.16. The number of fused-ring (bicyclic) bond motifs is 1. The summed E-state index contributed by atoms with van der Waals surface area (Å²) in [4.78, 5) is 16.2. The number of nitrogens with one attached hydrogen (secondary N) is 1. The summed E-state index contributed by atoms with van der Waals surface area (Å²) >= 11 is 6.10. The summed E-state index contributed by atoms with van der Waals surface area (Å²) in [7, 11) is 1.57. The van der Waals surface area contributed by atoms with E-state index in [1.165, 1.54) is 0 Å². The van der Waals surface area contributed by atoms with Crippen LogP contribution in [0.2, 0.25) is 5.02 Å². The second-order valence-electron chi connectivity index (χ2n) is 4.37. The Morgan fingerprint density at radius 2 is 2.30 bits per heavy atom. The van der Waals surface area contributed by atoms with Gasteiger partial charge >= 0.3 is 0 Å². The molecule has 6 heteroatoms. The van der Waals surface area contributed by atoms with Gasteiger partial charge in [-0.15, -0.1) is 0 Å². The van der Waals surface area contributed by atoms with E-state index in [0.717, 1.165) is 5.39 Å². The molecule has 0 fully saturated rings. The number of anilines is 1. The van der Waals surface area contributed by atoms with Crippen LogP contribution in [0.3, 0.4) is 0 Å². The third-order valence-electron chi connectivity index (χ3n) is 2.94. The number of amides is 1. The number of hydrogen-bond acceptors (Lipinski definition) is 4. The van der Waals surface area contributed by atoms with Crippen LogP contribution in [0.4, 0.5) is 5.69 Å². The summed E-state index contributed by atoms with van der Waals surface area (Å²) in [5.74, 6) is -0.267. The van der Waals surface area contributed by atoms with Crippen LogP contribution in [-0.2, 0) is 9.53 Å². The quantitative estimate of drug-likeness (QED) is 0.886. The second-order valence-corrected chi connectivity index (χ2v) is 4.78. The Bertz CT molecular complexity index is 618. The molecule has 3 N–H and O–H groups in total. The Balaban J connectivity index is 2.22. The third-order valence-corrected chi connectivity index (χ3v) is 3.27. The van der Waals surface area contributed by atoms with Crippen molar-refractivity contribution in [3.05, 3.63) is 35.5 Å². The number of nitrogens with zero attached hydrogens (tertiary/aromatic N) is 1. The van der Waals surface area contributed by atoms with E-state index in [2.05, 4.69) is 10.3 Å². The highest BCUT2D eigenvalue weighted by Crippen LogP contribution is 2.27. The standard InChI is InChI=1S/C14H16ClN3O2/c1-20-8-6-11(16)14(19)18-12-5-4-10(15)9-3-2-7-17-13(9)12/h2-5,7,11H,6,8,16H2,1H3,(H,18,19). The molecular formula is C14H16ClN3O2. The van der Waals surface area contributed by atoms with Crippen LogP contribution in [0.15, 0.2) is 30.5 Å². The van der Waals surface area contributed by atoms with Crippen LogP contribution in [0.1, 0.15) is 6.42 Å². The molecule has 5 nitrogen and oxygen atoms in total. The molecule has 2 aromatic rings. The molecule has 0 bridgehead atoms. The fraction of sp³-hybridized carbons (Fsp3) is 0.286. The minimum Gasteiger partial charge on any atom is -0.385 e. The Hall–Kier alpha value is -1.69. The predicted octanol–water partition coefficient (Wildman–Crippen LogP) is 2.19. The van der Waals surface area contributed by atoms with Gasteiger partial charge in [-0.05, 0) is 30.7 Å². The number of carbonyl (C=O) groups excluding carboxylic acids is 1. The van der Waals surface area contributed by atoms with Crippen molar-refractivity contribution in [3.8, 4) is 0 Å². The zero-order valence-electron chi connectivity index (χ0n) is 11.1. The van der Waals surface area contributed by atoms with Crippen LogP contribution < -0.4 is 11.1 Å². The topological polar surface area (TPSA) is 77.2 Å². The molecule has 1 unspecified atom stereocenters. The first-order valence-electron chi connectivity index (χ1n) is 6.22. The lowest BCUT2D eigenvalue weighted by Crippen LogP contribution is -2.36. The monoisotopic (exact) mass is 293 g/mol. The molecule has 1 atom stereocenters. The van der Waals surface area contributed by atoms with E-state index in [4.69, 9.17) is 22.1 Å². The fourth-order valence-corrected chi connectivity index (χ4v) is 2.06. The highest BCUT2D eigenvalue weighted by Gasteiger charge is 2.15. The Labute approximate surface area is 122 Å². The first-order valence-corrected chi connectivity index (χ1v) is 6.60. The van der Waals surface area contributed by atoms with E-state index >= 15 is 0 Å². The van der Waals surface area contributed by atoms with Crippen LogP contribution in [-0.4, -0.2) is 30.6 Å². The Morgan fingerprint density at radius 1 is 1.50 bits per heavy atom. The smallest absolute Gasteiger partial charge is 0.241 e. The van der Waals surface area contributed by atoms with Gasteiger partial charge in [0.2, 0.25) is 5.91 Å². The van der Waals surface area contributed by atoms with Gasteiger partial charge < -0.3 is 15.8 Å². The maximum absolute atomic E-state index is 12.0. The summed E-state index contributed by atoms with van der Waals surface area (Å²) < 4.78 is 4.91. The molecule has 0 aliphatic rings. The minimum atomic E-state index is -0.621. The van der Waals surface area contributed by atoms with E-state index in [0.29, 0.717) is 29.3 Å². The van der Waals surface area contributed by atoms with Crippen LogP contribution >= 0.6 is 11.6 Å². The molecule has 0 aliphatic carbocycles. The van der Waals surface area contributed by atoms with Gasteiger partial charge in [-0.25, -0.2) is 0 Å². The molecule has 1 heterocycles. The van der Waals surface area contributed by atoms with E-state index in [1.54, 1.807) is 31.5 Å². The molecule has 0 aliphatic heterocycles. The Kier molecular flexibility index (Phi) is 4.89. The number of carbonyl (C=O) groups is 1. The number of pyridine rings is 1. The van der Waals surface area contributed by atoms with Gasteiger partial charge in [0.05, 0.1) is 22.3 Å². The molecule has 1 aromatic heterocycles. The van der Waals surface area contributed by atoms with Crippen molar-refractivity contribution < 1.29 is 9.53 Å². The zero-order valence-corrected chi connectivity index (χ0v) is 11.9. The van der Waals surface area contributed by atoms with Crippen molar-refractivity contribution in [2.75, 3.05) is 19.0 Å². The Morgan fingerprint density at radius 3 is 3.05 bits per heavy atom. The average Bonchev–Trinajstić information content (AvgIpc) is 2.47. The summed E-state index contributed by atoms with van der Waals surface area (Å²) in [6.07, 6.45) is 2.11. The van der Waals surface area contributed by atoms with Crippen molar-refractivity contribution >= 4 is 34.1 Å². The third kappa shape index (κ3) is 3.25. The maximum Gasteiger partial charge on any atom is 0.241 e. The van der Waals surface area contributed by atoms with Gasteiger partial charge in [0.25, 0.3) is 0 Å². The summed E-state index contributed by atoms with van der Waals surface area (Å²) in [6, 6.07) is 6.47. The molecule has 20 heavy (non-hydrogen) atoms. The van der Waals surface area contributed by atoms with Crippen LogP contribution in [0, 0.1) is 0 Å². The summed E-state index contributed by atoms with van der Waals surface area (Å²) in [6.45, 7) is 0.439. The molecule has 0 saturated heterocycles. The zero-order chi connectivity index (χ0) is 14.5. The molecule has 106 valence electrons. The number of aromatic nitrogens is 1. The predicted molar refractivity (Wildman–Crippen MR) is 79.9 cm³/mol. The van der Waals surface area contributed by atoms with Gasteiger partial charge in [-0.2, -0.15) is 0 Å². The SMILES string of the molecule is COCCC(N)C(=O)Nc1ccc(Cl)c2cccnc12. The number of methoxy groups -OCH3 is 1. The highest BCUT2D eigenvalue weighted by molar-refractivity contribution is 6.35. The first-order chi connectivity index (χ1) is 9.63. The highest BCUT2D eigenvalue weighted by atomic mass is 35.5. The molecule has 0 spiro atoms. The van der Waals surface area contributed by atoms with E-state index in [-0.39, 0.29) is 5.91 Å². The number of nitrogens with two attached hydrogens (primary N) is 1. The van der Waals surface area contributed by atoms with Crippen LogP contribution in [0.25, 0.3) is 10.9 Å². The number of rotatable bonds is 5. The van der Waals surface area contributed by atoms with E-state index in [9.17, 15) is 4.79 Å². The number of halogens is 1. The van der Waals surface area contributed by atoms with Gasteiger partial charge in [0, 0.05) is 25.3 Å². The summed E-state index contributed by atoms with van der Waals surface area (Å²) in [5.41, 5.74) is 7.03. The van der Waals surface area contributed by atoms with Crippen molar-refractivity contribution in [3.63, 3.8) is 0 Å². The van der Waals surface area contributed by atoms with E-state index < -0.39 is 6.04 Å². The molecule has 0 radical (unpaired) electrons. The van der Waals surface area contributed by atoms with Gasteiger partial charge in [0.15, 0.2) is 0 Å². The number of benzene rings is 1. The number of ether oxygens (including phenoxy) is 1. The van der Waals surface area contributed by atoms with Gasteiger partial charge in [-0.1, -0.05) is 11.6 Å². The lowest BCUT2D eigenvalue weighted by Gasteiger charge is -2.13. The average molecular weight is 294 g/mol. The first kappa shape index (κ1) is 14.7. The fourth-order valence-electron chi connectivity index (χ4n) is 1.84. The number of hydrogen-bond donors (Lipinski definition) is 2. The lowest BCUT2D eigenvalue weighted by molar-refractivity contribution is -0.117. The van der Waals surface area contributed by atoms with Crippen LogP contribution in [0.5, 0.6) is 0 Å². The van der Waals surface area contributed by atoms with Crippen molar-refractivity contribution in [1.29, 1.82) is 0 Å². The lowest BCUT2D eigenvalue weighted by atomic mass is 10.1. The van der Waals surface area contributed by atoms with E-state index in [1.807, 2.05) is 6.07 Å². The molecule has 0 saturated carbocycles. The van der Waals surface area contributed by atoms with Crippen molar-refractivity contribution in [2.24, 2.45) is 5.73 Å². The van der Waals surface area contributed by atoms with Gasteiger partial charge in [-0.3, -0.25) is 9.78 Å². The molecule has 1 aromatic carbocycles. The minimum absolute atomic E-state index is 0.267. The second kappa shape index (κ2) is 6.65.